The highest BCUT2D eigenvalue weighted by Crippen LogP contribution is 1.95. The Morgan fingerprint density at radius 3 is 2.77 bits per heavy atom. The molecule has 0 radical (unpaired) electrons. The number of nitrogens with one attached hydrogen (secondary N) is 1. The lowest BCUT2D eigenvalue weighted by Crippen LogP contribution is -2.19. The van der Waals surface area contributed by atoms with Gasteiger partial charge in [-0.1, -0.05) is 6.92 Å². The van der Waals surface area contributed by atoms with Crippen LogP contribution < -0.4 is 5.56 Å². The maximum absolute atomic E-state index is 11.1. The van der Waals surface area contributed by atoms with Gasteiger partial charge >= 0.3 is 0 Å². The van der Waals surface area contributed by atoms with Gasteiger partial charge in [0.15, 0.2) is 0 Å². The molecule has 4 nitrogen and oxygen atoms in total. The highest BCUT2D eigenvalue weighted by Gasteiger charge is 2.00. The Morgan fingerprint density at radius 2 is 2.23 bits per heavy atom. The Morgan fingerprint density at radius 1 is 1.54 bits per heavy atom. The summed E-state index contributed by atoms with van der Waals surface area (Å²) in [7, 11) is 3.89. The minimum atomic E-state index is -0.0660. The van der Waals surface area contributed by atoms with E-state index < -0.39 is 0 Å². The van der Waals surface area contributed by atoms with Crippen LogP contribution in [0.3, 0.4) is 0 Å². The van der Waals surface area contributed by atoms with Crippen LogP contribution in [0.5, 0.6) is 0 Å². The largest absolute Gasteiger partial charge is 0.309 e. The first-order chi connectivity index (χ1) is 6.11. The molecule has 0 bridgehead atoms. The molecule has 0 fully saturated rings. The van der Waals surface area contributed by atoms with E-state index in [1.54, 1.807) is 6.07 Å². The summed E-state index contributed by atoms with van der Waals surface area (Å²) in [5.74, 6) is 0.731. The van der Waals surface area contributed by atoms with Crippen LogP contribution in [-0.2, 0) is 13.0 Å². The second-order valence-corrected chi connectivity index (χ2v) is 3.27. The van der Waals surface area contributed by atoms with Gasteiger partial charge in [0.1, 0.15) is 5.82 Å². The SMILES string of the molecule is CCc1cc(=O)[nH]c(CN(C)C)n1. The molecule has 72 valence electrons. The van der Waals surface area contributed by atoms with Crippen molar-refractivity contribution in [2.24, 2.45) is 0 Å². The highest BCUT2D eigenvalue weighted by atomic mass is 16.1. The van der Waals surface area contributed by atoms with Crippen molar-refractivity contribution in [2.45, 2.75) is 19.9 Å². The summed E-state index contributed by atoms with van der Waals surface area (Å²) in [5.41, 5.74) is 0.782. The van der Waals surface area contributed by atoms with E-state index in [1.165, 1.54) is 0 Å². The van der Waals surface area contributed by atoms with Crippen molar-refractivity contribution in [2.75, 3.05) is 14.1 Å². The van der Waals surface area contributed by atoms with Crippen LogP contribution in [0.25, 0.3) is 0 Å². The number of H-pyrrole nitrogens is 1. The predicted octanol–water partition coefficient (Wildman–Crippen LogP) is 0.394. The molecule has 1 N–H and O–H groups in total. The van der Waals surface area contributed by atoms with Crippen LogP contribution in [0, 0.1) is 0 Å². The zero-order chi connectivity index (χ0) is 9.84. The number of aryl methyl sites for hydroxylation is 1. The van der Waals surface area contributed by atoms with Crippen LogP contribution in [0.4, 0.5) is 0 Å². The van der Waals surface area contributed by atoms with Crippen LogP contribution >= 0.6 is 0 Å². The van der Waals surface area contributed by atoms with E-state index in [4.69, 9.17) is 0 Å². The molecule has 0 aliphatic heterocycles. The summed E-state index contributed by atoms with van der Waals surface area (Å²) < 4.78 is 0. The summed E-state index contributed by atoms with van der Waals surface area (Å²) in [6, 6.07) is 1.54. The third-order valence-corrected chi connectivity index (χ3v) is 1.67. The number of aromatic amines is 1. The Labute approximate surface area is 77.6 Å². The van der Waals surface area contributed by atoms with E-state index in [9.17, 15) is 4.79 Å². The third kappa shape index (κ3) is 2.99. The van der Waals surface area contributed by atoms with E-state index in [0.717, 1.165) is 17.9 Å². The van der Waals surface area contributed by atoms with Gasteiger partial charge in [-0.2, -0.15) is 0 Å². The smallest absolute Gasteiger partial charge is 0.251 e. The molecule has 13 heavy (non-hydrogen) atoms. The van der Waals surface area contributed by atoms with E-state index in [0.29, 0.717) is 6.54 Å². The molecule has 0 unspecified atom stereocenters. The summed E-state index contributed by atoms with van der Waals surface area (Å²) >= 11 is 0. The average molecular weight is 181 g/mol. The van der Waals surface area contributed by atoms with Crippen LogP contribution in [0.15, 0.2) is 10.9 Å². The standard InChI is InChI=1S/C9H15N3O/c1-4-7-5-9(13)11-8(10-7)6-12(2)3/h5H,4,6H2,1-3H3,(H,10,11,13). The lowest BCUT2D eigenvalue weighted by Gasteiger charge is -2.08. The van der Waals surface area contributed by atoms with Crippen molar-refractivity contribution in [3.8, 4) is 0 Å². The minimum Gasteiger partial charge on any atom is -0.309 e. The number of nitrogens with zero attached hydrogens (tertiary/aromatic N) is 2. The second-order valence-electron chi connectivity index (χ2n) is 3.27. The monoisotopic (exact) mass is 181 g/mol. The molecular weight excluding hydrogens is 166 g/mol. The molecular formula is C9H15N3O. The van der Waals surface area contributed by atoms with Crippen LogP contribution in [0.1, 0.15) is 18.4 Å². The molecule has 0 amide bonds. The molecule has 1 rings (SSSR count). The maximum Gasteiger partial charge on any atom is 0.251 e. The van der Waals surface area contributed by atoms with Gasteiger partial charge in [0.2, 0.25) is 0 Å². The van der Waals surface area contributed by atoms with Crippen molar-refractivity contribution in [3.63, 3.8) is 0 Å². The Hall–Kier alpha value is -1.16. The van der Waals surface area contributed by atoms with E-state index in [-0.39, 0.29) is 5.56 Å². The Balaban J connectivity index is 2.95. The first-order valence-corrected chi connectivity index (χ1v) is 4.35. The molecule has 1 aromatic heterocycles. The molecule has 0 aliphatic carbocycles. The second kappa shape index (κ2) is 4.18. The fourth-order valence-corrected chi connectivity index (χ4v) is 1.12. The van der Waals surface area contributed by atoms with Crippen molar-refractivity contribution in [3.05, 3.63) is 27.9 Å². The lowest BCUT2D eigenvalue weighted by atomic mass is 10.3. The molecule has 0 atom stereocenters. The van der Waals surface area contributed by atoms with Crippen LogP contribution in [0.2, 0.25) is 0 Å². The highest BCUT2D eigenvalue weighted by molar-refractivity contribution is 5.02. The van der Waals surface area contributed by atoms with Gasteiger partial charge in [-0.3, -0.25) is 4.79 Å². The fourth-order valence-electron chi connectivity index (χ4n) is 1.12. The molecule has 1 heterocycles. The van der Waals surface area contributed by atoms with Crippen molar-refractivity contribution < 1.29 is 0 Å². The lowest BCUT2D eigenvalue weighted by molar-refractivity contribution is 0.389. The minimum absolute atomic E-state index is 0.0660. The van der Waals surface area contributed by atoms with Crippen molar-refractivity contribution in [1.29, 1.82) is 0 Å². The maximum atomic E-state index is 11.1. The van der Waals surface area contributed by atoms with Gasteiger partial charge in [-0.15, -0.1) is 0 Å². The summed E-state index contributed by atoms with van der Waals surface area (Å²) in [6.07, 6.45) is 0.796. The van der Waals surface area contributed by atoms with Gasteiger partial charge in [0, 0.05) is 11.8 Å². The predicted molar refractivity (Wildman–Crippen MR) is 51.6 cm³/mol. The molecule has 0 saturated carbocycles. The van der Waals surface area contributed by atoms with E-state index in [2.05, 4.69) is 9.97 Å². The molecule has 0 aromatic carbocycles. The molecule has 0 aliphatic rings. The Bertz CT molecular complexity index is 330. The average Bonchev–Trinajstić information content (AvgIpc) is 2.01. The van der Waals surface area contributed by atoms with E-state index in [1.807, 2.05) is 25.9 Å². The van der Waals surface area contributed by atoms with Crippen molar-refractivity contribution >= 4 is 0 Å². The van der Waals surface area contributed by atoms with Gasteiger partial charge in [0.25, 0.3) is 5.56 Å². The zero-order valence-corrected chi connectivity index (χ0v) is 8.29. The first-order valence-electron chi connectivity index (χ1n) is 4.35. The molecule has 0 spiro atoms. The summed E-state index contributed by atoms with van der Waals surface area (Å²) in [6.45, 7) is 2.66. The van der Waals surface area contributed by atoms with Crippen molar-refractivity contribution in [1.82, 2.24) is 14.9 Å². The number of rotatable bonds is 3. The third-order valence-electron chi connectivity index (χ3n) is 1.67. The zero-order valence-electron chi connectivity index (χ0n) is 8.29. The summed E-state index contributed by atoms with van der Waals surface area (Å²) in [5, 5.41) is 0. The summed E-state index contributed by atoms with van der Waals surface area (Å²) in [4.78, 5) is 20.1. The topological polar surface area (TPSA) is 49.0 Å². The van der Waals surface area contributed by atoms with Gasteiger partial charge in [-0.05, 0) is 20.5 Å². The van der Waals surface area contributed by atoms with E-state index >= 15 is 0 Å². The number of hydrogen-bond acceptors (Lipinski definition) is 3. The first kappa shape index (κ1) is 9.92. The Kier molecular flexibility index (Phi) is 3.19. The fraction of sp³-hybridized carbons (Fsp3) is 0.556. The quantitative estimate of drug-likeness (QED) is 0.734. The number of hydrogen-bond donors (Lipinski definition) is 1. The molecule has 4 heteroatoms. The number of aromatic nitrogens is 2. The molecule has 0 saturated heterocycles. The van der Waals surface area contributed by atoms with Gasteiger partial charge in [0.05, 0.1) is 6.54 Å². The van der Waals surface area contributed by atoms with Crippen LogP contribution in [-0.4, -0.2) is 29.0 Å². The van der Waals surface area contributed by atoms with Gasteiger partial charge < -0.3 is 9.88 Å². The van der Waals surface area contributed by atoms with Gasteiger partial charge in [-0.25, -0.2) is 4.98 Å². The normalized spacial score (nSPS) is 10.8. The molecule has 1 aromatic rings.